The summed E-state index contributed by atoms with van der Waals surface area (Å²) in [4.78, 5) is 2.54. The van der Waals surface area contributed by atoms with Gasteiger partial charge >= 0.3 is 0 Å². The summed E-state index contributed by atoms with van der Waals surface area (Å²) in [6, 6.07) is 79.3. The van der Waals surface area contributed by atoms with Crippen molar-refractivity contribution in [1.29, 1.82) is 0 Å². The van der Waals surface area contributed by atoms with Crippen LogP contribution in [0, 0.1) is 0 Å². The van der Waals surface area contributed by atoms with Gasteiger partial charge in [0.2, 0.25) is 0 Å². The van der Waals surface area contributed by atoms with Crippen LogP contribution >= 0.6 is 0 Å². The van der Waals surface area contributed by atoms with Crippen molar-refractivity contribution >= 4 is 17.1 Å². The molecule has 1 nitrogen and oxygen atoms in total. The average Bonchev–Trinajstić information content (AvgIpc) is 3.77. The third kappa shape index (κ3) is 4.73. The number of hydrogen-bond donors (Lipinski definition) is 0. The van der Waals surface area contributed by atoms with E-state index in [1.807, 2.05) is 0 Å². The molecule has 1 aliphatic heterocycles. The molecular formula is C58H41N. The van der Waals surface area contributed by atoms with Gasteiger partial charge in [0.1, 0.15) is 0 Å². The van der Waals surface area contributed by atoms with Gasteiger partial charge in [-0.25, -0.2) is 0 Å². The lowest BCUT2D eigenvalue weighted by atomic mass is 9.70. The first-order chi connectivity index (χ1) is 29.0. The van der Waals surface area contributed by atoms with E-state index in [9.17, 15) is 0 Å². The van der Waals surface area contributed by atoms with Crippen molar-refractivity contribution in [2.24, 2.45) is 0 Å². The van der Waals surface area contributed by atoms with E-state index in [2.05, 4.69) is 231 Å². The number of benzene rings is 9. The molecule has 0 unspecified atom stereocenters. The Bertz CT molecular complexity index is 2980. The van der Waals surface area contributed by atoms with Crippen LogP contribution in [-0.2, 0) is 10.8 Å². The van der Waals surface area contributed by atoms with Crippen LogP contribution < -0.4 is 4.90 Å². The summed E-state index contributed by atoms with van der Waals surface area (Å²) in [7, 11) is 0. The molecule has 278 valence electrons. The molecule has 1 spiro atoms. The lowest BCUT2D eigenvalue weighted by Gasteiger charge is -2.43. The van der Waals surface area contributed by atoms with Gasteiger partial charge in [-0.2, -0.15) is 0 Å². The van der Waals surface area contributed by atoms with E-state index in [1.54, 1.807) is 0 Å². The van der Waals surface area contributed by atoms with Gasteiger partial charge in [-0.05, 0) is 125 Å². The number of nitrogens with zero attached hydrogens (tertiary/aromatic N) is 1. The van der Waals surface area contributed by atoms with Crippen LogP contribution in [0.25, 0.3) is 55.6 Å². The Labute approximate surface area is 346 Å². The van der Waals surface area contributed by atoms with E-state index in [0.29, 0.717) is 0 Å². The van der Waals surface area contributed by atoms with Gasteiger partial charge < -0.3 is 4.90 Å². The Balaban J connectivity index is 1.15. The highest BCUT2D eigenvalue weighted by Crippen LogP contribution is 2.65. The summed E-state index contributed by atoms with van der Waals surface area (Å²) in [6.45, 7) is 4.80. The van der Waals surface area contributed by atoms with Gasteiger partial charge in [-0.15, -0.1) is 0 Å². The quantitative estimate of drug-likeness (QED) is 0.173. The number of anilines is 3. The average molecular weight is 752 g/mol. The number of hydrogen-bond acceptors (Lipinski definition) is 1. The van der Waals surface area contributed by atoms with Gasteiger partial charge in [-0.1, -0.05) is 190 Å². The Morgan fingerprint density at radius 2 is 0.780 bits per heavy atom. The standard InChI is InChI=1S/C58H41N/c1-57(2)52-35-41(38-17-6-3-7-18-38)29-33-54(52)59(55-34-30-42(36-53(55)57)39-19-8-4-9-20-39)43-31-32-47-51(37-43)58(48-26-14-12-23-45(48)46-24-13-15-27-49(46)58)50-28-16-25-44(56(47)50)40-21-10-5-11-22-40/h3-37H,1-2H3. The minimum Gasteiger partial charge on any atom is -0.310 e. The summed E-state index contributed by atoms with van der Waals surface area (Å²) < 4.78 is 0. The van der Waals surface area contributed by atoms with Crippen LogP contribution in [0.3, 0.4) is 0 Å². The minimum atomic E-state index is -0.478. The van der Waals surface area contributed by atoms with E-state index in [-0.39, 0.29) is 5.41 Å². The summed E-state index contributed by atoms with van der Waals surface area (Å²) in [5, 5.41) is 0. The largest absolute Gasteiger partial charge is 0.310 e. The molecule has 0 saturated carbocycles. The lowest BCUT2D eigenvalue weighted by Crippen LogP contribution is -2.31. The molecule has 0 saturated heterocycles. The number of fused-ring (bicyclic) bond motifs is 12. The van der Waals surface area contributed by atoms with Crippen LogP contribution in [0.15, 0.2) is 212 Å². The Morgan fingerprint density at radius 1 is 0.305 bits per heavy atom. The van der Waals surface area contributed by atoms with Crippen LogP contribution in [0.2, 0.25) is 0 Å². The maximum absolute atomic E-state index is 2.54. The summed E-state index contributed by atoms with van der Waals surface area (Å²) in [6.07, 6.45) is 0. The van der Waals surface area contributed by atoms with Crippen molar-refractivity contribution in [2.45, 2.75) is 24.7 Å². The monoisotopic (exact) mass is 751 g/mol. The highest BCUT2D eigenvalue weighted by Gasteiger charge is 2.52. The van der Waals surface area contributed by atoms with Gasteiger partial charge in [0.05, 0.1) is 16.8 Å². The van der Waals surface area contributed by atoms with Gasteiger partial charge in [-0.3, -0.25) is 0 Å². The first-order valence-corrected chi connectivity index (χ1v) is 20.8. The van der Waals surface area contributed by atoms with Crippen molar-refractivity contribution in [1.82, 2.24) is 0 Å². The first kappa shape index (κ1) is 33.9. The summed E-state index contributed by atoms with van der Waals surface area (Å²) >= 11 is 0. The van der Waals surface area contributed by atoms with Crippen LogP contribution in [0.4, 0.5) is 17.1 Å². The van der Waals surface area contributed by atoms with E-state index >= 15 is 0 Å². The molecule has 59 heavy (non-hydrogen) atoms. The SMILES string of the molecule is CC1(C)c2cc(-c3ccccc3)ccc2N(c2ccc3c(c2)C2(c4ccccc4-c4ccccc42)c2cccc(-c4ccccc4)c2-3)c2ccc(-c3ccccc3)cc21. The fraction of sp³-hybridized carbons (Fsp3) is 0.0690. The third-order valence-corrected chi connectivity index (χ3v) is 13.5. The maximum Gasteiger partial charge on any atom is 0.0726 e. The van der Waals surface area contributed by atoms with Crippen molar-refractivity contribution in [3.8, 4) is 55.6 Å². The van der Waals surface area contributed by atoms with Crippen molar-refractivity contribution in [3.05, 3.63) is 246 Å². The molecule has 9 aromatic carbocycles. The molecule has 0 N–H and O–H groups in total. The molecular weight excluding hydrogens is 711 g/mol. The fourth-order valence-electron chi connectivity index (χ4n) is 10.8. The van der Waals surface area contributed by atoms with Gasteiger partial charge in [0.25, 0.3) is 0 Å². The molecule has 1 heteroatoms. The number of rotatable bonds is 4. The van der Waals surface area contributed by atoms with Crippen LogP contribution in [0.5, 0.6) is 0 Å². The molecule has 1 heterocycles. The second-order valence-electron chi connectivity index (χ2n) is 16.8. The first-order valence-electron chi connectivity index (χ1n) is 20.8. The molecule has 9 aromatic rings. The molecule has 0 atom stereocenters. The smallest absolute Gasteiger partial charge is 0.0726 e. The second-order valence-corrected chi connectivity index (χ2v) is 16.8. The Hall–Kier alpha value is -7.22. The van der Waals surface area contributed by atoms with Crippen molar-refractivity contribution in [2.75, 3.05) is 4.90 Å². The van der Waals surface area contributed by atoms with E-state index in [0.717, 1.165) is 5.69 Å². The van der Waals surface area contributed by atoms with E-state index in [1.165, 1.54) is 100 Å². The van der Waals surface area contributed by atoms with E-state index < -0.39 is 5.41 Å². The molecule has 2 aliphatic carbocycles. The third-order valence-electron chi connectivity index (χ3n) is 13.5. The van der Waals surface area contributed by atoms with Crippen LogP contribution in [-0.4, -0.2) is 0 Å². The fourth-order valence-corrected chi connectivity index (χ4v) is 10.8. The van der Waals surface area contributed by atoms with E-state index in [4.69, 9.17) is 0 Å². The molecule has 0 radical (unpaired) electrons. The second kappa shape index (κ2) is 12.6. The normalized spacial score (nSPS) is 14.5. The minimum absolute atomic E-state index is 0.265. The molecule has 0 aromatic heterocycles. The molecule has 0 fully saturated rings. The summed E-state index contributed by atoms with van der Waals surface area (Å²) in [5.41, 5.74) is 23.6. The molecule has 0 amide bonds. The lowest BCUT2D eigenvalue weighted by molar-refractivity contribution is 0.632. The Morgan fingerprint density at radius 3 is 1.34 bits per heavy atom. The van der Waals surface area contributed by atoms with Crippen LogP contribution in [0.1, 0.15) is 47.2 Å². The van der Waals surface area contributed by atoms with Crippen molar-refractivity contribution < 1.29 is 0 Å². The molecule has 0 bridgehead atoms. The predicted molar refractivity (Wildman–Crippen MR) is 246 cm³/mol. The zero-order chi connectivity index (χ0) is 39.3. The highest BCUT2D eigenvalue weighted by atomic mass is 15.2. The maximum atomic E-state index is 2.54. The Kier molecular flexibility index (Phi) is 7.26. The zero-order valence-corrected chi connectivity index (χ0v) is 33.2. The van der Waals surface area contributed by atoms with Gasteiger partial charge in [0.15, 0.2) is 0 Å². The topological polar surface area (TPSA) is 3.24 Å². The predicted octanol–water partition coefficient (Wildman–Crippen LogP) is 15.1. The zero-order valence-electron chi connectivity index (χ0n) is 33.2. The summed E-state index contributed by atoms with van der Waals surface area (Å²) in [5.74, 6) is 0. The van der Waals surface area contributed by atoms with Crippen molar-refractivity contribution in [3.63, 3.8) is 0 Å². The molecule has 3 aliphatic rings. The molecule has 12 rings (SSSR count). The highest BCUT2D eigenvalue weighted by molar-refractivity contribution is 6.01. The van der Waals surface area contributed by atoms with Gasteiger partial charge in [0, 0.05) is 11.1 Å².